The molecule has 2 aromatic carbocycles. The topological polar surface area (TPSA) is 78.9 Å². The van der Waals surface area contributed by atoms with Gasteiger partial charge in [0.25, 0.3) is 5.89 Å². The van der Waals surface area contributed by atoms with E-state index >= 15 is 0 Å². The number of ether oxygens (including phenoxy) is 1. The first-order valence-electron chi connectivity index (χ1n) is 8.57. The van der Waals surface area contributed by atoms with Gasteiger partial charge in [-0.05, 0) is 29.8 Å². The third-order valence-corrected chi connectivity index (χ3v) is 4.55. The van der Waals surface area contributed by atoms with Crippen LogP contribution >= 0.6 is 0 Å². The van der Waals surface area contributed by atoms with Gasteiger partial charge in [-0.1, -0.05) is 34.6 Å². The number of aromatic nitrogens is 5. The second kappa shape index (κ2) is 6.61. The Labute approximate surface area is 157 Å². The Balaban J connectivity index is 1.42. The molecule has 1 aliphatic rings. The van der Waals surface area contributed by atoms with Gasteiger partial charge in [-0.25, -0.2) is 13.5 Å². The van der Waals surface area contributed by atoms with Crippen molar-refractivity contribution < 1.29 is 18.0 Å². The van der Waals surface area contributed by atoms with Gasteiger partial charge in [0.2, 0.25) is 5.82 Å². The zero-order chi connectivity index (χ0) is 19.1. The summed E-state index contributed by atoms with van der Waals surface area (Å²) >= 11 is 0. The summed E-state index contributed by atoms with van der Waals surface area (Å²) in [5, 5.41) is 12.2. The highest BCUT2D eigenvalue weighted by Crippen LogP contribution is 2.31. The highest BCUT2D eigenvalue weighted by Gasteiger charge is 2.28. The summed E-state index contributed by atoms with van der Waals surface area (Å²) in [4.78, 5) is 4.30. The first-order chi connectivity index (χ1) is 13.7. The minimum atomic E-state index is -0.384. The summed E-state index contributed by atoms with van der Waals surface area (Å²) in [6.07, 6.45) is -0.256. The van der Waals surface area contributed by atoms with Crippen LogP contribution in [0.1, 0.15) is 17.4 Å². The van der Waals surface area contributed by atoms with E-state index in [-0.39, 0.29) is 36.1 Å². The Morgan fingerprint density at radius 3 is 2.71 bits per heavy atom. The van der Waals surface area contributed by atoms with Crippen LogP contribution < -0.4 is 0 Å². The van der Waals surface area contributed by atoms with E-state index in [9.17, 15) is 8.78 Å². The van der Waals surface area contributed by atoms with E-state index in [0.29, 0.717) is 23.5 Å². The fourth-order valence-corrected chi connectivity index (χ4v) is 3.12. The lowest BCUT2D eigenvalue weighted by Gasteiger charge is -2.24. The molecule has 140 valence electrons. The minimum absolute atomic E-state index is 0.185. The van der Waals surface area contributed by atoms with E-state index < -0.39 is 0 Å². The normalized spacial score (nSPS) is 16.1. The molecule has 0 saturated heterocycles. The Hall–Kier alpha value is -3.46. The van der Waals surface area contributed by atoms with Crippen LogP contribution in [0, 0.1) is 11.6 Å². The van der Waals surface area contributed by atoms with Gasteiger partial charge < -0.3 is 9.26 Å². The first-order valence-corrected chi connectivity index (χ1v) is 8.57. The second-order valence-corrected chi connectivity index (χ2v) is 6.35. The largest absolute Gasteiger partial charge is 0.365 e. The van der Waals surface area contributed by atoms with E-state index in [4.69, 9.17) is 9.26 Å². The van der Waals surface area contributed by atoms with Gasteiger partial charge in [0.05, 0.1) is 18.8 Å². The predicted molar refractivity (Wildman–Crippen MR) is 92.6 cm³/mol. The molecule has 1 atom stereocenters. The van der Waals surface area contributed by atoms with Gasteiger partial charge in [-0.3, -0.25) is 0 Å². The number of halogens is 2. The molecular formula is C19H13F2N5O2. The van der Waals surface area contributed by atoms with Crippen molar-refractivity contribution in [1.29, 1.82) is 0 Å². The molecule has 9 heteroatoms. The van der Waals surface area contributed by atoms with Crippen LogP contribution in [0.2, 0.25) is 0 Å². The van der Waals surface area contributed by atoms with E-state index in [2.05, 4.69) is 20.5 Å². The highest BCUT2D eigenvalue weighted by molar-refractivity contribution is 5.58. The molecular weight excluding hydrogens is 368 g/mol. The van der Waals surface area contributed by atoms with Crippen molar-refractivity contribution in [2.24, 2.45) is 0 Å². The van der Waals surface area contributed by atoms with Crippen LogP contribution in [-0.4, -0.2) is 25.1 Å². The highest BCUT2D eigenvalue weighted by atomic mass is 19.1. The second-order valence-electron chi connectivity index (χ2n) is 6.35. The fourth-order valence-electron chi connectivity index (χ4n) is 3.12. The fraction of sp³-hybridized carbons (Fsp3) is 0.158. The van der Waals surface area contributed by atoms with Gasteiger partial charge in [0, 0.05) is 5.56 Å². The van der Waals surface area contributed by atoms with Crippen molar-refractivity contribution in [3.8, 4) is 23.0 Å². The zero-order valence-corrected chi connectivity index (χ0v) is 14.4. The molecule has 0 unspecified atom stereocenters. The molecule has 0 bridgehead atoms. The molecule has 7 nitrogen and oxygen atoms in total. The zero-order valence-electron chi connectivity index (χ0n) is 14.4. The Morgan fingerprint density at radius 2 is 1.89 bits per heavy atom. The number of fused-ring (bicyclic) bond motifs is 1. The molecule has 0 spiro atoms. The number of benzene rings is 2. The lowest BCUT2D eigenvalue weighted by molar-refractivity contribution is -0.00120. The number of hydrogen-bond acceptors (Lipinski definition) is 6. The molecule has 28 heavy (non-hydrogen) atoms. The van der Waals surface area contributed by atoms with Gasteiger partial charge in [-0.2, -0.15) is 4.98 Å². The summed E-state index contributed by atoms with van der Waals surface area (Å²) in [5.41, 5.74) is 2.49. The van der Waals surface area contributed by atoms with Crippen molar-refractivity contribution in [1.82, 2.24) is 25.1 Å². The number of hydrogen-bond donors (Lipinski definition) is 0. The van der Waals surface area contributed by atoms with Gasteiger partial charge in [0.15, 0.2) is 5.69 Å². The van der Waals surface area contributed by atoms with Gasteiger partial charge >= 0.3 is 0 Å². The third kappa shape index (κ3) is 2.95. The van der Waals surface area contributed by atoms with Crippen LogP contribution in [0.15, 0.2) is 53.1 Å². The molecule has 0 aliphatic carbocycles. The van der Waals surface area contributed by atoms with Crippen molar-refractivity contribution in [3.05, 3.63) is 71.4 Å². The number of nitrogens with zero attached hydrogens (tertiary/aromatic N) is 5. The molecule has 0 fully saturated rings. The lowest BCUT2D eigenvalue weighted by Crippen LogP contribution is -2.22. The SMILES string of the molecule is Fc1ccc([C@@H]2Cn3nnc(-c4nc(-c5cccc(F)c5)no4)c3CO2)cc1. The average Bonchev–Trinajstić information content (AvgIpc) is 3.35. The first kappa shape index (κ1) is 16.7. The summed E-state index contributed by atoms with van der Waals surface area (Å²) in [7, 11) is 0. The smallest absolute Gasteiger partial charge is 0.280 e. The van der Waals surface area contributed by atoms with Gasteiger partial charge in [0.1, 0.15) is 17.7 Å². The number of rotatable bonds is 3. The van der Waals surface area contributed by atoms with Crippen LogP contribution in [0.5, 0.6) is 0 Å². The van der Waals surface area contributed by atoms with Gasteiger partial charge in [-0.15, -0.1) is 5.10 Å². The minimum Gasteiger partial charge on any atom is -0.365 e. The average molecular weight is 381 g/mol. The maximum absolute atomic E-state index is 13.4. The molecule has 3 heterocycles. The predicted octanol–water partition coefficient (Wildman–Crippen LogP) is 3.54. The van der Waals surface area contributed by atoms with Crippen LogP contribution in [0.25, 0.3) is 23.0 Å². The molecule has 1 aliphatic heterocycles. The lowest BCUT2D eigenvalue weighted by atomic mass is 10.1. The molecule has 5 rings (SSSR count). The van der Waals surface area contributed by atoms with Crippen LogP contribution in [0.4, 0.5) is 8.78 Å². The Bertz CT molecular complexity index is 1140. The Kier molecular flexibility index (Phi) is 3.94. The maximum Gasteiger partial charge on any atom is 0.280 e. The van der Waals surface area contributed by atoms with Crippen molar-refractivity contribution in [3.63, 3.8) is 0 Å². The standard InChI is InChI=1S/C19H13F2N5O2/c20-13-6-4-11(5-7-13)16-9-26-15(10-27-16)17(23-25-26)19-22-18(24-28-19)12-2-1-3-14(21)8-12/h1-8,16H,9-10H2/t16-/m0/s1. The third-order valence-electron chi connectivity index (χ3n) is 4.55. The molecule has 0 radical (unpaired) electrons. The summed E-state index contributed by atoms with van der Waals surface area (Å²) < 4.78 is 39.4. The molecule has 0 amide bonds. The monoisotopic (exact) mass is 381 g/mol. The molecule has 0 saturated carbocycles. The summed E-state index contributed by atoms with van der Waals surface area (Å²) in [6.45, 7) is 0.668. The van der Waals surface area contributed by atoms with Crippen LogP contribution in [0.3, 0.4) is 0 Å². The summed E-state index contributed by atoms with van der Waals surface area (Å²) in [6, 6.07) is 12.1. The maximum atomic E-state index is 13.4. The summed E-state index contributed by atoms with van der Waals surface area (Å²) in [5.74, 6) is -0.236. The van der Waals surface area contributed by atoms with Crippen LogP contribution in [-0.2, 0) is 17.9 Å². The Morgan fingerprint density at radius 1 is 1.04 bits per heavy atom. The quantitative estimate of drug-likeness (QED) is 0.540. The van der Waals surface area contributed by atoms with Crippen molar-refractivity contribution in [2.75, 3.05) is 0 Å². The van der Waals surface area contributed by atoms with E-state index in [0.717, 1.165) is 5.56 Å². The molecule has 4 aromatic rings. The molecule has 2 aromatic heterocycles. The van der Waals surface area contributed by atoms with E-state index in [1.807, 2.05) is 0 Å². The van der Waals surface area contributed by atoms with E-state index in [1.165, 1.54) is 24.3 Å². The van der Waals surface area contributed by atoms with Crippen molar-refractivity contribution in [2.45, 2.75) is 19.3 Å². The van der Waals surface area contributed by atoms with E-state index in [1.54, 1.807) is 28.9 Å². The van der Waals surface area contributed by atoms with Crippen molar-refractivity contribution >= 4 is 0 Å². The molecule has 0 N–H and O–H groups in total.